The standard InChI is InChI=1S/C20H22Cl2N4O2S/c1-25-7-9-26(10-8-25)15-5-3-14(4-6-15)23-20(29)24-19(27)13-11-16(21)18(28-2)17(22)12-13/h3-6,11-12H,7-10H2,1-2H3,(H2,23,24,27,29). The van der Waals surface area contributed by atoms with Crippen molar-refractivity contribution in [3.63, 3.8) is 0 Å². The van der Waals surface area contributed by atoms with Crippen LogP contribution < -0.4 is 20.3 Å². The van der Waals surface area contributed by atoms with E-state index in [2.05, 4.69) is 27.5 Å². The van der Waals surface area contributed by atoms with Crippen molar-refractivity contribution in [3.05, 3.63) is 52.0 Å². The van der Waals surface area contributed by atoms with Gasteiger partial charge in [-0.05, 0) is 55.7 Å². The minimum atomic E-state index is -0.414. The summed E-state index contributed by atoms with van der Waals surface area (Å²) in [6.45, 7) is 4.11. The van der Waals surface area contributed by atoms with E-state index in [1.165, 1.54) is 24.9 Å². The monoisotopic (exact) mass is 452 g/mol. The summed E-state index contributed by atoms with van der Waals surface area (Å²) in [5.74, 6) is -0.0889. The summed E-state index contributed by atoms with van der Waals surface area (Å²) in [6.07, 6.45) is 0. The largest absolute Gasteiger partial charge is 0.494 e. The van der Waals surface area contributed by atoms with Gasteiger partial charge in [-0.25, -0.2) is 0 Å². The van der Waals surface area contributed by atoms with Crippen LogP contribution in [0.5, 0.6) is 5.75 Å². The molecule has 0 unspecified atom stereocenters. The number of benzene rings is 2. The first kappa shape index (κ1) is 21.6. The molecule has 1 amide bonds. The van der Waals surface area contributed by atoms with Gasteiger partial charge in [-0.2, -0.15) is 0 Å². The van der Waals surface area contributed by atoms with Crippen LogP contribution >= 0.6 is 35.4 Å². The third-order valence-corrected chi connectivity index (χ3v) is 5.45. The molecule has 154 valence electrons. The number of hydrogen-bond donors (Lipinski definition) is 2. The number of rotatable bonds is 4. The molecule has 0 radical (unpaired) electrons. The second kappa shape index (κ2) is 9.63. The summed E-state index contributed by atoms with van der Waals surface area (Å²) in [6, 6.07) is 10.9. The van der Waals surface area contributed by atoms with Gasteiger partial charge in [-0.3, -0.25) is 10.1 Å². The molecule has 0 spiro atoms. The number of carbonyl (C=O) groups is 1. The van der Waals surface area contributed by atoms with Gasteiger partial charge >= 0.3 is 0 Å². The van der Waals surface area contributed by atoms with Crippen LogP contribution in [0.3, 0.4) is 0 Å². The SMILES string of the molecule is COc1c(Cl)cc(C(=O)NC(=S)Nc2ccc(N3CCN(C)CC3)cc2)cc1Cl. The molecule has 0 bridgehead atoms. The number of nitrogens with one attached hydrogen (secondary N) is 2. The predicted octanol–water partition coefficient (Wildman–Crippen LogP) is 3.88. The first-order valence-corrected chi connectivity index (χ1v) is 10.2. The fraction of sp³-hybridized carbons (Fsp3) is 0.300. The second-order valence-electron chi connectivity index (χ2n) is 6.72. The van der Waals surface area contributed by atoms with Crippen molar-refractivity contribution in [2.24, 2.45) is 0 Å². The Morgan fingerprint density at radius 3 is 2.21 bits per heavy atom. The Balaban J connectivity index is 1.58. The lowest BCUT2D eigenvalue weighted by Crippen LogP contribution is -2.44. The van der Waals surface area contributed by atoms with Gasteiger partial charge in [0.1, 0.15) is 0 Å². The van der Waals surface area contributed by atoms with Crippen LogP contribution in [0, 0.1) is 0 Å². The van der Waals surface area contributed by atoms with Crippen LogP contribution in [-0.2, 0) is 0 Å². The fourth-order valence-corrected chi connectivity index (χ4v) is 3.90. The first-order chi connectivity index (χ1) is 13.9. The highest BCUT2D eigenvalue weighted by atomic mass is 35.5. The van der Waals surface area contributed by atoms with Crippen LogP contribution in [0.1, 0.15) is 10.4 Å². The summed E-state index contributed by atoms with van der Waals surface area (Å²) in [5, 5.41) is 6.33. The number of carbonyl (C=O) groups excluding carboxylic acids is 1. The molecule has 0 aromatic heterocycles. The molecule has 6 nitrogen and oxygen atoms in total. The van der Waals surface area contributed by atoms with Crippen LogP contribution in [0.15, 0.2) is 36.4 Å². The van der Waals surface area contributed by atoms with Gasteiger partial charge in [0.2, 0.25) is 0 Å². The van der Waals surface area contributed by atoms with Gasteiger partial charge < -0.3 is 19.9 Å². The molecule has 1 aliphatic heterocycles. The topological polar surface area (TPSA) is 56.8 Å². The molecule has 1 saturated heterocycles. The number of hydrogen-bond acceptors (Lipinski definition) is 5. The summed E-state index contributed by atoms with van der Waals surface area (Å²) in [4.78, 5) is 17.1. The van der Waals surface area contributed by atoms with E-state index in [0.717, 1.165) is 31.9 Å². The number of thiocarbonyl (C=S) groups is 1. The van der Waals surface area contributed by atoms with Crippen molar-refractivity contribution >= 4 is 57.8 Å². The quantitative estimate of drug-likeness (QED) is 0.686. The molecular weight excluding hydrogens is 431 g/mol. The molecule has 1 fully saturated rings. The maximum absolute atomic E-state index is 12.4. The van der Waals surface area contributed by atoms with Crippen LogP contribution in [0.25, 0.3) is 0 Å². The fourth-order valence-electron chi connectivity index (χ4n) is 3.04. The molecule has 0 aliphatic carbocycles. The van der Waals surface area contributed by atoms with E-state index in [-0.39, 0.29) is 20.7 Å². The zero-order valence-electron chi connectivity index (χ0n) is 16.2. The number of halogens is 2. The average molecular weight is 453 g/mol. The van der Waals surface area contributed by atoms with E-state index >= 15 is 0 Å². The van der Waals surface area contributed by atoms with Gasteiger partial charge in [0.05, 0.1) is 17.2 Å². The van der Waals surface area contributed by atoms with Gasteiger partial charge in [-0.15, -0.1) is 0 Å². The summed E-state index contributed by atoms with van der Waals surface area (Å²) in [7, 11) is 3.59. The molecule has 2 aromatic carbocycles. The first-order valence-electron chi connectivity index (χ1n) is 9.06. The van der Waals surface area contributed by atoms with E-state index < -0.39 is 5.91 Å². The van der Waals surface area contributed by atoms with E-state index in [4.69, 9.17) is 40.2 Å². The minimum absolute atomic E-state index is 0.186. The molecule has 2 aromatic rings. The Morgan fingerprint density at radius 2 is 1.66 bits per heavy atom. The lowest BCUT2D eigenvalue weighted by Gasteiger charge is -2.34. The lowest BCUT2D eigenvalue weighted by molar-refractivity contribution is 0.0977. The molecule has 0 saturated carbocycles. The average Bonchev–Trinajstić information content (AvgIpc) is 2.69. The van der Waals surface area contributed by atoms with Crippen LogP contribution in [0.2, 0.25) is 10.0 Å². The second-order valence-corrected chi connectivity index (χ2v) is 7.94. The molecule has 0 atom stereocenters. The molecule has 2 N–H and O–H groups in total. The van der Waals surface area contributed by atoms with Gasteiger partial charge in [0, 0.05) is 43.1 Å². The Morgan fingerprint density at radius 1 is 1.07 bits per heavy atom. The predicted molar refractivity (Wildman–Crippen MR) is 123 cm³/mol. The molecule has 1 aliphatic rings. The smallest absolute Gasteiger partial charge is 0.257 e. The van der Waals surface area contributed by atoms with Crippen molar-refractivity contribution in [1.82, 2.24) is 10.2 Å². The van der Waals surface area contributed by atoms with Crippen molar-refractivity contribution in [2.45, 2.75) is 0 Å². The normalized spacial score (nSPS) is 14.4. The van der Waals surface area contributed by atoms with Crippen molar-refractivity contribution < 1.29 is 9.53 Å². The molecule has 1 heterocycles. The highest BCUT2D eigenvalue weighted by molar-refractivity contribution is 7.80. The number of piperazine rings is 1. The van der Waals surface area contributed by atoms with E-state index in [1.807, 2.05) is 24.3 Å². The maximum Gasteiger partial charge on any atom is 0.257 e. The Labute approximate surface area is 185 Å². The highest BCUT2D eigenvalue weighted by Crippen LogP contribution is 2.33. The van der Waals surface area contributed by atoms with Crippen LogP contribution in [0.4, 0.5) is 11.4 Å². The van der Waals surface area contributed by atoms with E-state index in [1.54, 1.807) is 0 Å². The van der Waals surface area contributed by atoms with E-state index in [0.29, 0.717) is 5.75 Å². The number of likely N-dealkylation sites (N-methyl/N-ethyl adjacent to an activating group) is 1. The molecule has 3 rings (SSSR count). The lowest BCUT2D eigenvalue weighted by atomic mass is 10.2. The number of amides is 1. The number of methoxy groups -OCH3 is 1. The third-order valence-electron chi connectivity index (χ3n) is 4.69. The minimum Gasteiger partial charge on any atom is -0.494 e. The van der Waals surface area contributed by atoms with Gasteiger partial charge in [0.25, 0.3) is 5.91 Å². The molecule has 29 heavy (non-hydrogen) atoms. The summed E-state index contributed by atoms with van der Waals surface area (Å²) >= 11 is 17.4. The Kier molecular flexibility index (Phi) is 7.18. The van der Waals surface area contributed by atoms with Gasteiger partial charge in [0.15, 0.2) is 10.9 Å². The molecular formula is C20H22Cl2N4O2S. The van der Waals surface area contributed by atoms with Crippen molar-refractivity contribution in [2.75, 3.05) is 50.6 Å². The summed E-state index contributed by atoms with van der Waals surface area (Å²) < 4.78 is 5.09. The highest BCUT2D eigenvalue weighted by Gasteiger charge is 2.16. The Hall–Kier alpha value is -2.06. The van der Waals surface area contributed by atoms with Gasteiger partial charge in [-0.1, -0.05) is 23.2 Å². The summed E-state index contributed by atoms with van der Waals surface area (Å²) in [5.41, 5.74) is 2.25. The number of ether oxygens (including phenoxy) is 1. The maximum atomic E-state index is 12.4. The van der Waals surface area contributed by atoms with Crippen molar-refractivity contribution in [1.29, 1.82) is 0 Å². The zero-order chi connectivity index (χ0) is 21.0. The van der Waals surface area contributed by atoms with Crippen LogP contribution in [-0.4, -0.2) is 56.3 Å². The number of nitrogens with zero attached hydrogens (tertiary/aromatic N) is 2. The van der Waals surface area contributed by atoms with Crippen molar-refractivity contribution in [3.8, 4) is 5.75 Å². The molecule has 9 heteroatoms. The Bertz CT molecular complexity index is 877. The van der Waals surface area contributed by atoms with E-state index in [9.17, 15) is 4.79 Å². The number of anilines is 2. The third kappa shape index (κ3) is 5.51. The zero-order valence-corrected chi connectivity index (χ0v) is 18.5.